The number of hydrogen-bond donors (Lipinski definition) is 1. The van der Waals surface area contributed by atoms with E-state index in [9.17, 15) is 9.59 Å². The minimum Gasteiger partial charge on any atom is -0.322 e. The Labute approximate surface area is 138 Å². The summed E-state index contributed by atoms with van der Waals surface area (Å²) in [4.78, 5) is 24.3. The van der Waals surface area contributed by atoms with E-state index < -0.39 is 0 Å². The summed E-state index contributed by atoms with van der Waals surface area (Å²) in [6.45, 7) is 6.60. The summed E-state index contributed by atoms with van der Waals surface area (Å²) in [5.41, 5.74) is 4.49. The molecule has 0 aliphatic rings. The molecule has 0 aliphatic carbocycles. The fourth-order valence-electron chi connectivity index (χ4n) is 2.53. The second-order valence-corrected chi connectivity index (χ2v) is 6.54. The van der Waals surface area contributed by atoms with E-state index in [2.05, 4.69) is 5.32 Å². The molecule has 0 bridgehead atoms. The average Bonchev–Trinajstić information content (AvgIpc) is 2.84. The van der Waals surface area contributed by atoms with Crippen LogP contribution in [0.1, 0.15) is 28.4 Å². The fraction of sp³-hybridized carbons (Fsp3) is 0.222. The third-order valence-corrected chi connectivity index (χ3v) is 4.95. The zero-order valence-electron chi connectivity index (χ0n) is 13.3. The lowest BCUT2D eigenvalue weighted by Gasteiger charge is -2.08. The summed E-state index contributed by atoms with van der Waals surface area (Å²) in [6, 6.07) is 11.2. The Morgan fingerprint density at radius 2 is 1.91 bits per heavy atom. The Bertz CT molecular complexity index is 953. The van der Waals surface area contributed by atoms with Crippen LogP contribution in [-0.4, -0.2) is 10.5 Å². The zero-order chi connectivity index (χ0) is 16.6. The Kier molecular flexibility index (Phi) is 4.05. The van der Waals surface area contributed by atoms with Gasteiger partial charge in [-0.1, -0.05) is 17.4 Å². The number of hydrogen-bond acceptors (Lipinski definition) is 3. The molecule has 4 nitrogen and oxygen atoms in total. The maximum absolute atomic E-state index is 12.4. The normalized spacial score (nSPS) is 10.9. The van der Waals surface area contributed by atoms with Crippen LogP contribution in [0.2, 0.25) is 0 Å². The molecule has 0 aliphatic heterocycles. The number of benzene rings is 2. The number of aromatic nitrogens is 1. The van der Waals surface area contributed by atoms with E-state index in [1.807, 2.05) is 57.2 Å². The van der Waals surface area contributed by atoms with E-state index in [4.69, 9.17) is 0 Å². The Hall–Kier alpha value is -2.40. The fourth-order valence-corrected chi connectivity index (χ4v) is 3.52. The molecule has 0 fully saturated rings. The summed E-state index contributed by atoms with van der Waals surface area (Å²) in [7, 11) is 0. The van der Waals surface area contributed by atoms with Crippen LogP contribution in [0, 0.1) is 13.8 Å². The van der Waals surface area contributed by atoms with Gasteiger partial charge in [-0.05, 0) is 62.2 Å². The Morgan fingerprint density at radius 3 is 2.61 bits per heavy atom. The first-order chi connectivity index (χ1) is 11.0. The van der Waals surface area contributed by atoms with Gasteiger partial charge in [-0.3, -0.25) is 14.2 Å². The van der Waals surface area contributed by atoms with Crippen molar-refractivity contribution < 1.29 is 4.79 Å². The highest BCUT2D eigenvalue weighted by Crippen LogP contribution is 2.22. The lowest BCUT2D eigenvalue weighted by Crippen LogP contribution is -2.12. The third-order valence-electron chi connectivity index (χ3n) is 4.01. The van der Waals surface area contributed by atoms with Crippen LogP contribution in [0.25, 0.3) is 10.2 Å². The van der Waals surface area contributed by atoms with Gasteiger partial charge in [0.2, 0.25) is 0 Å². The predicted octanol–water partition coefficient (Wildman–Crippen LogP) is 3.95. The number of nitrogens with one attached hydrogen (secondary N) is 1. The largest absolute Gasteiger partial charge is 0.322 e. The molecule has 0 atom stereocenters. The lowest BCUT2D eigenvalue weighted by molar-refractivity contribution is 0.102. The predicted molar refractivity (Wildman–Crippen MR) is 95.6 cm³/mol. The molecular formula is C18H18N2O2S. The summed E-state index contributed by atoms with van der Waals surface area (Å²) in [5.74, 6) is -0.144. The molecule has 0 saturated heterocycles. The van der Waals surface area contributed by atoms with Crippen LogP contribution in [0.3, 0.4) is 0 Å². The van der Waals surface area contributed by atoms with E-state index in [-0.39, 0.29) is 10.8 Å². The van der Waals surface area contributed by atoms with Gasteiger partial charge < -0.3 is 5.32 Å². The number of fused-ring (bicyclic) bond motifs is 1. The summed E-state index contributed by atoms with van der Waals surface area (Å²) in [6.07, 6.45) is 0. The lowest BCUT2D eigenvalue weighted by atomic mass is 10.1. The smallest absolute Gasteiger partial charge is 0.308 e. The molecule has 1 aromatic heterocycles. The molecule has 0 radical (unpaired) electrons. The SMILES string of the molecule is CCn1c(=O)sc2cc(NC(=O)c3ccc(C)c(C)c3)ccc21. The van der Waals surface area contributed by atoms with Crippen molar-refractivity contribution in [2.75, 3.05) is 5.32 Å². The van der Waals surface area contributed by atoms with Crippen LogP contribution in [0.4, 0.5) is 5.69 Å². The Balaban J connectivity index is 1.90. The van der Waals surface area contributed by atoms with Crippen molar-refractivity contribution in [2.45, 2.75) is 27.3 Å². The van der Waals surface area contributed by atoms with Gasteiger partial charge in [-0.2, -0.15) is 0 Å². The maximum Gasteiger partial charge on any atom is 0.308 e. The van der Waals surface area contributed by atoms with E-state index in [1.165, 1.54) is 11.3 Å². The van der Waals surface area contributed by atoms with Gasteiger partial charge in [-0.15, -0.1) is 0 Å². The second-order valence-electron chi connectivity index (χ2n) is 5.55. The van der Waals surface area contributed by atoms with Crippen molar-refractivity contribution in [1.82, 2.24) is 4.57 Å². The molecule has 0 spiro atoms. The summed E-state index contributed by atoms with van der Waals surface area (Å²) >= 11 is 1.20. The van der Waals surface area contributed by atoms with Crippen molar-refractivity contribution in [3.63, 3.8) is 0 Å². The first-order valence-electron chi connectivity index (χ1n) is 7.51. The van der Waals surface area contributed by atoms with Gasteiger partial charge in [0.05, 0.1) is 10.2 Å². The number of thiazole rings is 1. The highest BCUT2D eigenvalue weighted by atomic mass is 32.1. The van der Waals surface area contributed by atoms with E-state index >= 15 is 0 Å². The number of aryl methyl sites for hydroxylation is 3. The van der Waals surface area contributed by atoms with Crippen molar-refractivity contribution in [2.24, 2.45) is 0 Å². The number of carbonyl (C=O) groups excluding carboxylic acids is 1. The van der Waals surface area contributed by atoms with E-state index in [1.54, 1.807) is 4.57 Å². The molecule has 0 unspecified atom stereocenters. The minimum atomic E-state index is -0.144. The van der Waals surface area contributed by atoms with Crippen LogP contribution in [-0.2, 0) is 6.54 Å². The summed E-state index contributed by atoms with van der Waals surface area (Å²) < 4.78 is 2.62. The average molecular weight is 326 g/mol. The van der Waals surface area contributed by atoms with Crippen LogP contribution < -0.4 is 10.2 Å². The molecule has 3 rings (SSSR count). The van der Waals surface area contributed by atoms with Crippen molar-refractivity contribution in [3.8, 4) is 0 Å². The quantitative estimate of drug-likeness (QED) is 0.792. The van der Waals surface area contributed by atoms with Crippen molar-refractivity contribution >= 4 is 33.1 Å². The van der Waals surface area contributed by atoms with Gasteiger partial charge in [0.15, 0.2) is 0 Å². The third kappa shape index (κ3) is 2.92. The van der Waals surface area contributed by atoms with Gasteiger partial charge in [0, 0.05) is 17.8 Å². The minimum absolute atomic E-state index is 0.0279. The molecular weight excluding hydrogens is 308 g/mol. The Morgan fingerprint density at radius 1 is 1.13 bits per heavy atom. The van der Waals surface area contributed by atoms with Gasteiger partial charge in [0.1, 0.15) is 0 Å². The van der Waals surface area contributed by atoms with Crippen LogP contribution in [0.5, 0.6) is 0 Å². The molecule has 5 heteroatoms. The molecule has 3 aromatic rings. The van der Waals surface area contributed by atoms with Crippen molar-refractivity contribution in [1.29, 1.82) is 0 Å². The monoisotopic (exact) mass is 326 g/mol. The van der Waals surface area contributed by atoms with E-state index in [0.29, 0.717) is 17.8 Å². The first-order valence-corrected chi connectivity index (χ1v) is 8.33. The first kappa shape index (κ1) is 15.5. The summed E-state index contributed by atoms with van der Waals surface area (Å²) in [5, 5.41) is 2.90. The maximum atomic E-state index is 12.4. The van der Waals surface area contributed by atoms with Gasteiger partial charge in [0.25, 0.3) is 5.91 Å². The van der Waals surface area contributed by atoms with Crippen molar-refractivity contribution in [3.05, 3.63) is 62.8 Å². The van der Waals surface area contributed by atoms with Gasteiger partial charge >= 0.3 is 4.87 Å². The highest BCUT2D eigenvalue weighted by molar-refractivity contribution is 7.16. The van der Waals surface area contributed by atoms with Crippen LogP contribution in [0.15, 0.2) is 41.2 Å². The zero-order valence-corrected chi connectivity index (χ0v) is 14.2. The molecule has 23 heavy (non-hydrogen) atoms. The number of nitrogens with zero attached hydrogens (tertiary/aromatic N) is 1. The second kappa shape index (κ2) is 6.01. The number of amides is 1. The standard InChI is InChI=1S/C18H18N2O2S/c1-4-20-15-8-7-14(10-16(15)23-18(20)22)19-17(21)13-6-5-11(2)12(3)9-13/h5-10H,4H2,1-3H3,(H,19,21). The molecule has 1 amide bonds. The van der Waals surface area contributed by atoms with E-state index in [0.717, 1.165) is 21.3 Å². The molecule has 2 aromatic carbocycles. The molecule has 1 N–H and O–H groups in total. The molecule has 0 saturated carbocycles. The number of rotatable bonds is 3. The van der Waals surface area contributed by atoms with Gasteiger partial charge in [-0.25, -0.2) is 0 Å². The number of anilines is 1. The molecule has 1 heterocycles. The topological polar surface area (TPSA) is 51.1 Å². The highest BCUT2D eigenvalue weighted by Gasteiger charge is 2.10. The number of carbonyl (C=O) groups is 1. The van der Waals surface area contributed by atoms with Crippen LogP contribution >= 0.6 is 11.3 Å². The molecule has 118 valence electrons.